The second-order valence-corrected chi connectivity index (χ2v) is 18.1. The quantitative estimate of drug-likeness (QED) is 0.0342. The van der Waals surface area contributed by atoms with E-state index in [9.17, 15) is 73.5 Å². The molecular weight excluding hydrogens is 999 g/mol. The van der Waals surface area contributed by atoms with E-state index in [4.69, 9.17) is 5.11 Å². The number of rotatable bonds is 27. The van der Waals surface area contributed by atoms with Gasteiger partial charge in [0, 0.05) is 71.4 Å². The molecule has 0 radical (unpaired) electrons. The SMILES string of the molecule is O=C(O)CCC(NC(=O)NC(CCCCNC(=O)C(Cc1ccc2ccccc2c1)NC(=O)c1ccc(NNC(=O)CN2CCCN(CC(=O)O)CCN(CC(=O)O)CCCN(CC(=O)O)CC2)nc1)C(=O)O)C(=O)O. The molecule has 3 aromatic rings. The number of fused-ring (bicyclic) bond motifs is 1. The van der Waals surface area contributed by atoms with Gasteiger partial charge in [-0.1, -0.05) is 42.5 Å². The molecule has 4 rings (SSSR count). The van der Waals surface area contributed by atoms with Gasteiger partial charge in [0.1, 0.15) is 23.9 Å². The molecule has 27 heteroatoms. The van der Waals surface area contributed by atoms with Crippen LogP contribution in [0.25, 0.3) is 10.8 Å². The van der Waals surface area contributed by atoms with Crippen molar-refractivity contribution in [3.8, 4) is 0 Å². The highest BCUT2D eigenvalue weighted by molar-refractivity contribution is 5.97. The Morgan fingerprint density at radius 1 is 0.553 bits per heavy atom. The first-order chi connectivity index (χ1) is 36.2. The third-order valence-electron chi connectivity index (χ3n) is 12.1. The summed E-state index contributed by atoms with van der Waals surface area (Å²) in [6.07, 6.45) is 1.57. The lowest BCUT2D eigenvalue weighted by molar-refractivity contribution is -0.141. The van der Waals surface area contributed by atoms with Crippen LogP contribution in [-0.2, 0) is 44.8 Å². The lowest BCUT2D eigenvalue weighted by Crippen LogP contribution is -2.51. The predicted octanol–water partition coefficient (Wildman–Crippen LogP) is -0.368. The van der Waals surface area contributed by atoms with Gasteiger partial charge in [-0.3, -0.25) is 64.0 Å². The van der Waals surface area contributed by atoms with Gasteiger partial charge in [0.25, 0.3) is 11.8 Å². The van der Waals surface area contributed by atoms with Crippen LogP contribution in [0, 0.1) is 0 Å². The number of carboxylic acid groups (broad SMARTS) is 6. The van der Waals surface area contributed by atoms with Gasteiger partial charge >= 0.3 is 41.8 Å². The van der Waals surface area contributed by atoms with Crippen molar-refractivity contribution in [2.24, 2.45) is 0 Å². The number of aliphatic carboxylic acids is 6. The fourth-order valence-corrected chi connectivity index (χ4v) is 8.23. The molecule has 1 fully saturated rings. The van der Waals surface area contributed by atoms with E-state index < -0.39 is 90.5 Å². The lowest BCUT2D eigenvalue weighted by atomic mass is 10.0. The summed E-state index contributed by atoms with van der Waals surface area (Å²) in [5, 5.41) is 68.0. The number of nitrogens with zero attached hydrogens (tertiary/aromatic N) is 5. The standard InChI is InChI=1S/C49H67N11O16/c61-40(28-57-17-5-18-59(30-43(66)67)23-24-60(31-44(68)69)20-6-19-58(22-21-57)29-42(64)65)56-55-39-14-12-35(27-51-39)45(70)52-38(26-32-10-11-33-7-1-2-8-34(33)25-32)46(71)50-16-4-3-9-36(47(72)73)53-49(76)54-37(48(74)75)13-15-41(62)63/h1-2,7-8,10-12,14,25,27,36-38H,3-6,9,13,15-24,26,28-31H2,(H,50,71)(H,51,55)(H,52,70)(H,56,61)(H,62,63)(H,64,65)(H,66,67)(H,68,69)(H,72,73)(H,74,75)(H2,53,54,76). The molecule has 0 spiro atoms. The summed E-state index contributed by atoms with van der Waals surface area (Å²) in [5.41, 5.74) is 6.09. The maximum atomic E-state index is 13.7. The van der Waals surface area contributed by atoms with E-state index in [0.29, 0.717) is 39.0 Å². The fraction of sp³-hybridized carbons (Fsp3) is 0.490. The lowest BCUT2D eigenvalue weighted by Gasteiger charge is -2.30. The smallest absolute Gasteiger partial charge is 0.326 e. The fourth-order valence-electron chi connectivity index (χ4n) is 8.23. The second kappa shape index (κ2) is 31.7. The molecule has 1 saturated heterocycles. The molecule has 76 heavy (non-hydrogen) atoms. The summed E-state index contributed by atoms with van der Waals surface area (Å²) < 4.78 is 0. The van der Waals surface area contributed by atoms with Crippen LogP contribution in [0.15, 0.2) is 60.8 Å². The molecule has 1 aliphatic heterocycles. The number of amides is 5. The normalized spacial score (nSPS) is 15.6. The highest BCUT2D eigenvalue weighted by Gasteiger charge is 2.27. The molecular formula is C49H67N11O16. The maximum Gasteiger partial charge on any atom is 0.326 e. The van der Waals surface area contributed by atoms with Gasteiger partial charge in [0.15, 0.2) is 0 Å². The molecule has 27 nitrogen and oxygen atoms in total. The van der Waals surface area contributed by atoms with Gasteiger partial charge in [-0.15, -0.1) is 0 Å². The minimum atomic E-state index is -1.57. The summed E-state index contributed by atoms with van der Waals surface area (Å²) in [7, 11) is 0. The number of nitrogens with one attached hydrogen (secondary N) is 6. The van der Waals surface area contributed by atoms with E-state index >= 15 is 0 Å². The molecule has 414 valence electrons. The molecule has 5 amide bonds. The summed E-state index contributed by atoms with van der Waals surface area (Å²) in [6, 6.07) is 10.8. The van der Waals surface area contributed by atoms with E-state index in [1.165, 1.54) is 18.3 Å². The van der Waals surface area contributed by atoms with Crippen molar-refractivity contribution in [1.29, 1.82) is 0 Å². The van der Waals surface area contributed by atoms with Crippen molar-refractivity contribution in [3.05, 3.63) is 71.9 Å². The molecule has 3 unspecified atom stereocenters. The number of unbranched alkanes of at least 4 members (excludes halogenated alkanes) is 1. The van der Waals surface area contributed by atoms with Crippen LogP contribution in [0.5, 0.6) is 0 Å². The van der Waals surface area contributed by atoms with Gasteiger partial charge in [-0.25, -0.2) is 19.4 Å². The van der Waals surface area contributed by atoms with Crippen molar-refractivity contribution < 1.29 is 78.6 Å². The molecule has 2 aromatic carbocycles. The van der Waals surface area contributed by atoms with Crippen LogP contribution in [0.1, 0.15) is 60.9 Å². The van der Waals surface area contributed by atoms with Crippen molar-refractivity contribution in [1.82, 2.24) is 51.3 Å². The molecule has 1 aliphatic rings. The molecule has 0 saturated carbocycles. The zero-order valence-corrected chi connectivity index (χ0v) is 41.9. The second-order valence-electron chi connectivity index (χ2n) is 18.1. The highest BCUT2D eigenvalue weighted by atomic mass is 16.4. The van der Waals surface area contributed by atoms with Crippen LogP contribution >= 0.6 is 0 Å². The Labute approximate surface area is 436 Å². The van der Waals surface area contributed by atoms with E-state index in [1.807, 2.05) is 47.4 Å². The number of hydrogen-bond acceptors (Lipinski definition) is 16. The Hall–Kier alpha value is -8.01. The summed E-state index contributed by atoms with van der Waals surface area (Å²) in [4.78, 5) is 133. The Morgan fingerprint density at radius 3 is 1.61 bits per heavy atom. The van der Waals surface area contributed by atoms with Gasteiger partial charge in [0.2, 0.25) is 5.91 Å². The van der Waals surface area contributed by atoms with Crippen molar-refractivity contribution in [2.75, 3.05) is 90.5 Å². The van der Waals surface area contributed by atoms with Crippen molar-refractivity contribution >= 4 is 76.2 Å². The van der Waals surface area contributed by atoms with Crippen LogP contribution in [0.4, 0.5) is 10.6 Å². The topological polar surface area (TPSA) is 390 Å². The number of pyridine rings is 1. The average Bonchev–Trinajstić information content (AvgIpc) is 3.35. The number of hydrazine groups is 1. The van der Waals surface area contributed by atoms with Crippen LogP contribution in [-0.4, -0.2) is 218 Å². The van der Waals surface area contributed by atoms with Gasteiger partial charge in [-0.05, 0) is 73.5 Å². The number of hydrogen-bond donors (Lipinski definition) is 12. The highest BCUT2D eigenvalue weighted by Crippen LogP contribution is 2.17. The van der Waals surface area contributed by atoms with Crippen LogP contribution in [0.2, 0.25) is 0 Å². The number of urea groups is 1. The summed E-state index contributed by atoms with van der Waals surface area (Å²) in [6.45, 7) is 1.65. The number of carboxylic acids is 6. The molecule has 0 aliphatic carbocycles. The number of carbonyl (C=O) groups excluding carboxylic acids is 4. The van der Waals surface area contributed by atoms with Gasteiger partial charge in [0.05, 0.1) is 31.7 Å². The first-order valence-corrected chi connectivity index (χ1v) is 24.6. The summed E-state index contributed by atoms with van der Waals surface area (Å²) in [5.74, 6) is -8.82. The zero-order valence-electron chi connectivity index (χ0n) is 41.9. The minimum absolute atomic E-state index is 0.0498. The van der Waals surface area contributed by atoms with E-state index in [-0.39, 0.29) is 96.0 Å². The first kappa shape index (κ1) is 60.5. The molecule has 3 atom stereocenters. The van der Waals surface area contributed by atoms with Crippen molar-refractivity contribution in [3.63, 3.8) is 0 Å². The van der Waals surface area contributed by atoms with Gasteiger partial charge in [-0.2, -0.15) is 0 Å². The maximum absolute atomic E-state index is 13.7. The zero-order chi connectivity index (χ0) is 55.6. The Kier molecular flexibility index (Phi) is 25.2. The molecule has 0 bridgehead atoms. The predicted molar refractivity (Wildman–Crippen MR) is 271 cm³/mol. The molecule has 12 N–H and O–H groups in total. The summed E-state index contributed by atoms with van der Waals surface area (Å²) >= 11 is 0. The Morgan fingerprint density at radius 2 is 1.09 bits per heavy atom. The van der Waals surface area contributed by atoms with E-state index in [2.05, 4.69) is 37.1 Å². The average molecular weight is 1070 g/mol. The number of anilines is 1. The molecule has 2 heterocycles. The Bertz CT molecular complexity index is 2480. The first-order valence-electron chi connectivity index (χ1n) is 24.6. The van der Waals surface area contributed by atoms with Crippen molar-refractivity contribution in [2.45, 2.75) is 69.5 Å². The monoisotopic (exact) mass is 1070 g/mol. The third-order valence-corrected chi connectivity index (χ3v) is 12.1. The third kappa shape index (κ3) is 23.0. The van der Waals surface area contributed by atoms with E-state index in [1.54, 1.807) is 14.7 Å². The van der Waals surface area contributed by atoms with Crippen LogP contribution < -0.4 is 32.1 Å². The van der Waals surface area contributed by atoms with E-state index in [0.717, 1.165) is 16.3 Å². The Balaban J connectivity index is 1.35. The largest absolute Gasteiger partial charge is 0.481 e. The van der Waals surface area contributed by atoms with Gasteiger partial charge < -0.3 is 51.9 Å². The number of carbonyl (C=O) groups is 10. The van der Waals surface area contributed by atoms with Crippen LogP contribution in [0.3, 0.4) is 0 Å². The minimum Gasteiger partial charge on any atom is -0.481 e. The molecule has 1 aromatic heterocycles. The number of aromatic nitrogens is 1. The number of benzene rings is 2.